The molecule has 1 aromatic carbocycles. The quantitative estimate of drug-likeness (QED) is 0.592. The molecule has 98 valence electrons. The van der Waals surface area contributed by atoms with Crippen LogP contribution in [0, 0.1) is 0 Å². The second kappa shape index (κ2) is 6.94. The lowest BCUT2D eigenvalue weighted by atomic mass is 9.92. The number of hydrogen-bond donors (Lipinski definition) is 1. The van der Waals surface area contributed by atoms with Gasteiger partial charge in [0.15, 0.2) is 5.78 Å². The molecule has 0 aromatic heterocycles. The van der Waals surface area contributed by atoms with Gasteiger partial charge in [-0.3, -0.25) is 9.59 Å². The van der Waals surface area contributed by atoms with E-state index >= 15 is 0 Å². The Hall–Kier alpha value is -1.64. The van der Waals surface area contributed by atoms with Crippen LogP contribution in [0.1, 0.15) is 61.4 Å². The summed E-state index contributed by atoms with van der Waals surface area (Å²) < 4.78 is 0. The number of aliphatic carboxylic acids is 1. The van der Waals surface area contributed by atoms with Gasteiger partial charge in [-0.25, -0.2) is 0 Å². The second-order valence-corrected chi connectivity index (χ2v) is 4.53. The van der Waals surface area contributed by atoms with E-state index in [0.29, 0.717) is 17.5 Å². The Morgan fingerprint density at radius 1 is 1.22 bits per heavy atom. The molecule has 0 bridgehead atoms. The van der Waals surface area contributed by atoms with Gasteiger partial charge in [0, 0.05) is 12.0 Å². The topological polar surface area (TPSA) is 54.4 Å². The lowest BCUT2D eigenvalue weighted by Crippen LogP contribution is -2.12. The minimum Gasteiger partial charge on any atom is -0.481 e. The van der Waals surface area contributed by atoms with E-state index in [0.717, 1.165) is 19.3 Å². The third-order valence-corrected chi connectivity index (χ3v) is 3.11. The Balaban J connectivity index is 2.88. The Kier molecular flexibility index (Phi) is 5.56. The molecular weight excluding hydrogens is 228 g/mol. The molecule has 3 heteroatoms. The molecule has 0 heterocycles. The summed E-state index contributed by atoms with van der Waals surface area (Å²) in [5.74, 6) is -1.49. The van der Waals surface area contributed by atoms with Crippen molar-refractivity contribution >= 4 is 11.8 Å². The molecule has 1 unspecified atom stereocenters. The number of rotatable bonds is 7. The zero-order chi connectivity index (χ0) is 13.5. The third kappa shape index (κ3) is 3.69. The van der Waals surface area contributed by atoms with Crippen molar-refractivity contribution in [1.29, 1.82) is 0 Å². The standard InChI is InChI=1S/C15H20O3/c1-3-4-5-10-14(16)13-9-7-6-8-12(13)11(2)15(17)18/h6-9,11H,3-5,10H2,1-2H3,(H,17,18). The highest BCUT2D eigenvalue weighted by Gasteiger charge is 2.20. The normalized spacial score (nSPS) is 12.1. The Labute approximate surface area is 108 Å². The zero-order valence-electron chi connectivity index (χ0n) is 11.0. The highest BCUT2D eigenvalue weighted by Crippen LogP contribution is 2.22. The first-order valence-corrected chi connectivity index (χ1v) is 6.42. The maximum absolute atomic E-state index is 12.1. The lowest BCUT2D eigenvalue weighted by Gasteiger charge is -2.12. The van der Waals surface area contributed by atoms with Gasteiger partial charge < -0.3 is 5.11 Å². The first kappa shape index (κ1) is 14.4. The molecule has 0 aliphatic heterocycles. The van der Waals surface area contributed by atoms with Gasteiger partial charge in [0.25, 0.3) is 0 Å². The van der Waals surface area contributed by atoms with E-state index < -0.39 is 11.9 Å². The van der Waals surface area contributed by atoms with E-state index in [1.807, 2.05) is 0 Å². The van der Waals surface area contributed by atoms with Crippen LogP contribution >= 0.6 is 0 Å². The second-order valence-electron chi connectivity index (χ2n) is 4.53. The van der Waals surface area contributed by atoms with E-state index in [-0.39, 0.29) is 5.78 Å². The number of carboxylic acid groups (broad SMARTS) is 1. The molecule has 0 aliphatic carbocycles. The van der Waals surface area contributed by atoms with Gasteiger partial charge in [0.1, 0.15) is 0 Å². The van der Waals surface area contributed by atoms with Gasteiger partial charge in [-0.2, -0.15) is 0 Å². The van der Waals surface area contributed by atoms with Gasteiger partial charge in [-0.15, -0.1) is 0 Å². The van der Waals surface area contributed by atoms with Crippen molar-refractivity contribution in [3.05, 3.63) is 35.4 Å². The third-order valence-electron chi connectivity index (χ3n) is 3.11. The molecule has 0 radical (unpaired) electrons. The molecule has 1 atom stereocenters. The van der Waals surface area contributed by atoms with E-state index in [2.05, 4.69) is 6.92 Å². The summed E-state index contributed by atoms with van der Waals surface area (Å²) in [5.41, 5.74) is 1.18. The van der Waals surface area contributed by atoms with E-state index in [1.165, 1.54) is 0 Å². The highest BCUT2D eigenvalue weighted by atomic mass is 16.4. The van der Waals surface area contributed by atoms with Crippen molar-refractivity contribution in [1.82, 2.24) is 0 Å². The van der Waals surface area contributed by atoms with Crippen LogP contribution in [-0.4, -0.2) is 16.9 Å². The molecule has 18 heavy (non-hydrogen) atoms. The summed E-state index contributed by atoms with van der Waals surface area (Å²) in [5, 5.41) is 9.04. The monoisotopic (exact) mass is 248 g/mol. The van der Waals surface area contributed by atoms with Crippen LogP contribution < -0.4 is 0 Å². The van der Waals surface area contributed by atoms with Crippen LogP contribution in [0.25, 0.3) is 0 Å². The summed E-state index contributed by atoms with van der Waals surface area (Å²) in [7, 11) is 0. The molecule has 3 nitrogen and oxygen atoms in total. The molecule has 0 fully saturated rings. The van der Waals surface area contributed by atoms with Crippen molar-refractivity contribution in [3.63, 3.8) is 0 Å². The first-order chi connectivity index (χ1) is 8.57. The highest BCUT2D eigenvalue weighted by molar-refractivity contribution is 5.98. The van der Waals surface area contributed by atoms with Gasteiger partial charge >= 0.3 is 5.97 Å². The van der Waals surface area contributed by atoms with Crippen LogP contribution in [0.15, 0.2) is 24.3 Å². The number of carboxylic acids is 1. The number of benzene rings is 1. The van der Waals surface area contributed by atoms with Crippen molar-refractivity contribution in [2.24, 2.45) is 0 Å². The maximum Gasteiger partial charge on any atom is 0.310 e. The minimum absolute atomic E-state index is 0.0483. The number of carbonyl (C=O) groups excluding carboxylic acids is 1. The van der Waals surface area contributed by atoms with Crippen LogP contribution in [-0.2, 0) is 4.79 Å². The van der Waals surface area contributed by atoms with Crippen molar-refractivity contribution in [3.8, 4) is 0 Å². The molecule has 1 aromatic rings. The van der Waals surface area contributed by atoms with Crippen LogP contribution in [0.5, 0.6) is 0 Å². The van der Waals surface area contributed by atoms with E-state index in [9.17, 15) is 9.59 Å². The lowest BCUT2D eigenvalue weighted by molar-refractivity contribution is -0.138. The first-order valence-electron chi connectivity index (χ1n) is 6.42. The Morgan fingerprint density at radius 3 is 2.50 bits per heavy atom. The number of hydrogen-bond acceptors (Lipinski definition) is 2. The van der Waals surface area contributed by atoms with E-state index in [4.69, 9.17) is 5.11 Å². The van der Waals surface area contributed by atoms with Crippen LogP contribution in [0.2, 0.25) is 0 Å². The fraction of sp³-hybridized carbons (Fsp3) is 0.467. The number of Topliss-reactive ketones (excluding diaryl/α,β-unsaturated/α-hetero) is 1. The van der Waals surface area contributed by atoms with Gasteiger partial charge in [-0.1, -0.05) is 44.0 Å². The fourth-order valence-corrected chi connectivity index (χ4v) is 1.93. The molecule has 0 aliphatic rings. The predicted molar refractivity (Wildman–Crippen MR) is 71.0 cm³/mol. The summed E-state index contributed by atoms with van der Waals surface area (Å²) in [6, 6.07) is 7.01. The number of carbonyl (C=O) groups is 2. The molecular formula is C15H20O3. The predicted octanol–water partition coefficient (Wildman–Crippen LogP) is 3.64. The van der Waals surface area contributed by atoms with Crippen LogP contribution in [0.3, 0.4) is 0 Å². The molecule has 1 rings (SSSR count). The van der Waals surface area contributed by atoms with Crippen molar-refractivity contribution < 1.29 is 14.7 Å². The van der Waals surface area contributed by atoms with Crippen LogP contribution in [0.4, 0.5) is 0 Å². The molecule has 0 saturated heterocycles. The summed E-state index contributed by atoms with van der Waals surface area (Å²) in [6.45, 7) is 3.70. The fourth-order valence-electron chi connectivity index (χ4n) is 1.93. The van der Waals surface area contributed by atoms with Gasteiger partial charge in [-0.05, 0) is 18.9 Å². The SMILES string of the molecule is CCCCCC(=O)c1ccccc1C(C)C(=O)O. The molecule has 1 N–H and O–H groups in total. The van der Waals surface area contributed by atoms with Gasteiger partial charge in [0.2, 0.25) is 0 Å². The summed E-state index contributed by atoms with van der Waals surface area (Å²) in [4.78, 5) is 23.1. The average molecular weight is 248 g/mol. The zero-order valence-corrected chi connectivity index (χ0v) is 11.0. The van der Waals surface area contributed by atoms with Gasteiger partial charge in [0.05, 0.1) is 5.92 Å². The Morgan fingerprint density at radius 2 is 1.89 bits per heavy atom. The summed E-state index contributed by atoms with van der Waals surface area (Å²) in [6.07, 6.45) is 3.46. The summed E-state index contributed by atoms with van der Waals surface area (Å²) >= 11 is 0. The van der Waals surface area contributed by atoms with Crippen molar-refractivity contribution in [2.45, 2.75) is 45.4 Å². The molecule has 0 amide bonds. The minimum atomic E-state index is -0.899. The maximum atomic E-state index is 12.1. The smallest absolute Gasteiger partial charge is 0.310 e. The average Bonchev–Trinajstić information content (AvgIpc) is 2.38. The molecule has 0 saturated carbocycles. The van der Waals surface area contributed by atoms with Crippen molar-refractivity contribution in [2.75, 3.05) is 0 Å². The Bertz CT molecular complexity index is 424. The number of ketones is 1. The van der Waals surface area contributed by atoms with E-state index in [1.54, 1.807) is 31.2 Å². The largest absolute Gasteiger partial charge is 0.481 e. The molecule has 0 spiro atoms. The number of unbranched alkanes of at least 4 members (excludes halogenated alkanes) is 2.